The van der Waals surface area contributed by atoms with Gasteiger partial charge in [-0.05, 0) is 38.0 Å². The van der Waals surface area contributed by atoms with Crippen LogP contribution in [-0.2, 0) is 4.79 Å². The van der Waals surface area contributed by atoms with Crippen molar-refractivity contribution in [1.29, 1.82) is 5.26 Å². The second-order valence-corrected chi connectivity index (χ2v) is 5.11. The summed E-state index contributed by atoms with van der Waals surface area (Å²) in [5, 5.41) is 14.7. The Morgan fingerprint density at radius 3 is 2.35 bits per heavy atom. The van der Waals surface area contributed by atoms with Crippen molar-refractivity contribution in [3.05, 3.63) is 59.1 Å². The third-order valence-electron chi connectivity index (χ3n) is 3.19. The Kier molecular flexibility index (Phi) is 5.05. The molecule has 0 radical (unpaired) electrons. The van der Waals surface area contributed by atoms with Crippen molar-refractivity contribution in [3.63, 3.8) is 0 Å². The molecule has 0 aliphatic rings. The Labute approximate surface area is 134 Å². The molecule has 2 aromatic rings. The van der Waals surface area contributed by atoms with Crippen LogP contribution >= 0.6 is 0 Å². The Morgan fingerprint density at radius 1 is 1.17 bits per heavy atom. The normalized spacial score (nSPS) is 10.8. The van der Waals surface area contributed by atoms with E-state index in [0.717, 1.165) is 22.4 Å². The predicted octanol–water partition coefficient (Wildman–Crippen LogP) is 2.86. The maximum atomic E-state index is 12.3. The molecule has 0 fully saturated rings. The number of hydrogen-bond donors (Lipinski definition) is 2. The topological polar surface area (TPSA) is 90.7 Å². The van der Waals surface area contributed by atoms with Crippen molar-refractivity contribution in [2.75, 3.05) is 10.6 Å². The van der Waals surface area contributed by atoms with E-state index in [-0.39, 0.29) is 5.57 Å². The minimum absolute atomic E-state index is 0.0585. The van der Waals surface area contributed by atoms with E-state index in [9.17, 15) is 10.1 Å². The summed E-state index contributed by atoms with van der Waals surface area (Å²) in [4.78, 5) is 20.2. The monoisotopic (exact) mass is 307 g/mol. The first kappa shape index (κ1) is 16.2. The van der Waals surface area contributed by atoms with Crippen LogP contribution in [0.2, 0.25) is 0 Å². The van der Waals surface area contributed by atoms with Gasteiger partial charge in [0.25, 0.3) is 5.91 Å². The number of anilines is 2. The van der Waals surface area contributed by atoms with Crippen molar-refractivity contribution >= 4 is 17.5 Å². The van der Waals surface area contributed by atoms with Gasteiger partial charge in [0, 0.05) is 24.3 Å². The highest BCUT2D eigenvalue weighted by atomic mass is 16.1. The highest BCUT2D eigenvalue weighted by Crippen LogP contribution is 2.22. The van der Waals surface area contributed by atoms with Gasteiger partial charge in [-0.2, -0.15) is 5.26 Å². The first-order valence-corrected chi connectivity index (χ1v) is 7.04. The van der Waals surface area contributed by atoms with Gasteiger partial charge >= 0.3 is 0 Å². The van der Waals surface area contributed by atoms with Crippen LogP contribution in [0.3, 0.4) is 0 Å². The van der Waals surface area contributed by atoms with Crippen LogP contribution in [0.15, 0.2) is 42.4 Å². The molecule has 2 N–H and O–H groups in total. The summed E-state index contributed by atoms with van der Waals surface area (Å²) in [5.74, 6) is -0.165. The highest BCUT2D eigenvalue weighted by Gasteiger charge is 2.12. The zero-order valence-corrected chi connectivity index (χ0v) is 13.2. The van der Waals surface area contributed by atoms with E-state index >= 15 is 0 Å². The number of amides is 1. The van der Waals surface area contributed by atoms with Crippen LogP contribution in [0.4, 0.5) is 11.6 Å². The SMILES string of the molecule is Cc1cc(C)c(NC(=O)/C(C#N)=C\Nc2ncccn2)c(C)c1. The zero-order valence-electron chi connectivity index (χ0n) is 13.2. The minimum atomic E-state index is -0.481. The van der Waals surface area contributed by atoms with Crippen molar-refractivity contribution in [3.8, 4) is 6.07 Å². The van der Waals surface area contributed by atoms with E-state index in [0.29, 0.717) is 5.95 Å². The number of aryl methyl sites for hydroxylation is 3. The van der Waals surface area contributed by atoms with E-state index in [4.69, 9.17) is 0 Å². The van der Waals surface area contributed by atoms with Crippen molar-refractivity contribution < 1.29 is 4.79 Å². The molecular formula is C17H17N5O. The third-order valence-corrected chi connectivity index (χ3v) is 3.19. The summed E-state index contributed by atoms with van der Waals surface area (Å²) < 4.78 is 0. The third kappa shape index (κ3) is 4.14. The molecule has 0 aliphatic heterocycles. The molecule has 116 valence electrons. The second kappa shape index (κ2) is 7.18. The van der Waals surface area contributed by atoms with E-state index in [1.54, 1.807) is 18.5 Å². The molecule has 1 amide bonds. The smallest absolute Gasteiger partial charge is 0.267 e. The second-order valence-electron chi connectivity index (χ2n) is 5.11. The van der Waals surface area contributed by atoms with Gasteiger partial charge in [0.15, 0.2) is 0 Å². The molecule has 0 saturated heterocycles. The lowest BCUT2D eigenvalue weighted by Crippen LogP contribution is -2.16. The molecule has 6 heteroatoms. The molecule has 2 rings (SSSR count). The van der Waals surface area contributed by atoms with Gasteiger partial charge in [-0.3, -0.25) is 4.79 Å². The van der Waals surface area contributed by atoms with Crippen molar-refractivity contribution in [2.45, 2.75) is 20.8 Å². The van der Waals surface area contributed by atoms with Gasteiger partial charge in [-0.25, -0.2) is 9.97 Å². The maximum absolute atomic E-state index is 12.3. The summed E-state index contributed by atoms with van der Waals surface area (Å²) in [6.07, 6.45) is 4.42. The fourth-order valence-corrected chi connectivity index (χ4v) is 2.22. The lowest BCUT2D eigenvalue weighted by Gasteiger charge is -2.12. The standard InChI is InChI=1S/C17H17N5O/c1-11-7-12(2)15(13(3)8-11)22-16(23)14(9-18)10-21-17-19-5-4-6-20-17/h4-8,10H,1-3H3,(H,22,23)(H,19,20,21)/b14-10-. The first-order chi connectivity index (χ1) is 11.0. The zero-order chi connectivity index (χ0) is 16.8. The molecule has 1 aromatic heterocycles. The summed E-state index contributed by atoms with van der Waals surface area (Å²) in [6, 6.07) is 7.51. The Hall–Kier alpha value is -3.20. The Morgan fingerprint density at radius 2 is 1.78 bits per heavy atom. The predicted molar refractivity (Wildman–Crippen MR) is 88.6 cm³/mol. The van der Waals surface area contributed by atoms with Crippen LogP contribution < -0.4 is 10.6 Å². The average Bonchev–Trinajstić information content (AvgIpc) is 2.52. The minimum Gasteiger partial charge on any atom is -0.329 e. The Balaban J connectivity index is 2.17. The number of benzene rings is 1. The first-order valence-electron chi connectivity index (χ1n) is 7.04. The largest absolute Gasteiger partial charge is 0.329 e. The molecule has 0 bridgehead atoms. The quantitative estimate of drug-likeness (QED) is 0.669. The van der Waals surface area contributed by atoms with Crippen molar-refractivity contribution in [2.24, 2.45) is 0 Å². The number of aromatic nitrogens is 2. The molecule has 1 aromatic carbocycles. The van der Waals surface area contributed by atoms with E-state index in [1.165, 1.54) is 6.20 Å². The number of nitrogens with one attached hydrogen (secondary N) is 2. The van der Waals surface area contributed by atoms with Crippen LogP contribution in [0, 0.1) is 32.1 Å². The van der Waals surface area contributed by atoms with Gasteiger partial charge in [-0.15, -0.1) is 0 Å². The fourth-order valence-electron chi connectivity index (χ4n) is 2.22. The van der Waals surface area contributed by atoms with Gasteiger partial charge < -0.3 is 10.6 Å². The summed E-state index contributed by atoms with van der Waals surface area (Å²) in [7, 11) is 0. The summed E-state index contributed by atoms with van der Waals surface area (Å²) in [5.41, 5.74) is 3.69. The molecule has 0 saturated carbocycles. The van der Waals surface area contributed by atoms with Crippen LogP contribution in [-0.4, -0.2) is 15.9 Å². The van der Waals surface area contributed by atoms with Crippen LogP contribution in [0.1, 0.15) is 16.7 Å². The van der Waals surface area contributed by atoms with Gasteiger partial charge in [0.2, 0.25) is 5.95 Å². The molecule has 23 heavy (non-hydrogen) atoms. The van der Waals surface area contributed by atoms with Crippen molar-refractivity contribution in [1.82, 2.24) is 9.97 Å². The lowest BCUT2D eigenvalue weighted by molar-refractivity contribution is -0.112. The number of nitriles is 1. The molecule has 0 spiro atoms. The van der Waals surface area contributed by atoms with Crippen LogP contribution in [0.25, 0.3) is 0 Å². The number of nitrogens with zero attached hydrogens (tertiary/aromatic N) is 3. The van der Waals surface area contributed by atoms with E-state index < -0.39 is 5.91 Å². The number of rotatable bonds is 4. The average molecular weight is 307 g/mol. The van der Waals surface area contributed by atoms with Crippen LogP contribution in [0.5, 0.6) is 0 Å². The molecule has 0 unspecified atom stereocenters. The molecule has 0 aliphatic carbocycles. The molecule has 0 atom stereocenters. The fraction of sp³-hybridized carbons (Fsp3) is 0.176. The summed E-state index contributed by atoms with van der Waals surface area (Å²) >= 11 is 0. The van der Waals surface area contributed by atoms with E-state index in [2.05, 4.69) is 20.6 Å². The summed E-state index contributed by atoms with van der Waals surface area (Å²) in [6.45, 7) is 5.83. The Bertz CT molecular complexity index is 767. The van der Waals surface area contributed by atoms with Gasteiger partial charge in [-0.1, -0.05) is 17.7 Å². The number of carbonyl (C=O) groups excluding carboxylic acids is 1. The van der Waals surface area contributed by atoms with E-state index in [1.807, 2.05) is 39.0 Å². The molecule has 1 heterocycles. The maximum Gasteiger partial charge on any atom is 0.267 e. The lowest BCUT2D eigenvalue weighted by atomic mass is 10.0. The number of carbonyl (C=O) groups is 1. The highest BCUT2D eigenvalue weighted by molar-refractivity contribution is 6.07. The van der Waals surface area contributed by atoms with Gasteiger partial charge in [0.05, 0.1) is 0 Å². The molecule has 6 nitrogen and oxygen atoms in total. The number of hydrogen-bond acceptors (Lipinski definition) is 5. The molecular weight excluding hydrogens is 290 g/mol. The van der Waals surface area contributed by atoms with Gasteiger partial charge in [0.1, 0.15) is 11.6 Å².